The number of hydrogen-bond donors (Lipinski definition) is 0. The molecule has 0 amide bonds. The maximum atomic E-state index is 11.4. The van der Waals surface area contributed by atoms with Gasteiger partial charge in [-0.25, -0.2) is 0 Å². The van der Waals surface area contributed by atoms with Crippen molar-refractivity contribution in [1.29, 1.82) is 0 Å². The summed E-state index contributed by atoms with van der Waals surface area (Å²) in [6, 6.07) is 0. The van der Waals surface area contributed by atoms with Crippen LogP contribution in [-0.4, -0.2) is 18.9 Å². The van der Waals surface area contributed by atoms with Crippen molar-refractivity contribution in [2.75, 3.05) is 7.11 Å². The van der Waals surface area contributed by atoms with Crippen molar-refractivity contribution in [3.8, 4) is 0 Å². The summed E-state index contributed by atoms with van der Waals surface area (Å²) in [6.45, 7) is 7.27. The molecule has 3 heteroatoms. The molecule has 0 aromatic heterocycles. The predicted octanol–water partition coefficient (Wildman–Crippen LogP) is 2.36. The summed E-state index contributed by atoms with van der Waals surface area (Å²) in [5, 5.41) is 0. The van der Waals surface area contributed by atoms with E-state index < -0.39 is 0 Å². The number of Topliss-reactive ketones (excluding diaryl/α,β-unsaturated/α-hetero) is 1. The number of carbonyl (C=O) groups is 2. The van der Waals surface area contributed by atoms with Crippen LogP contribution in [0.2, 0.25) is 0 Å². The van der Waals surface area contributed by atoms with E-state index in [0.29, 0.717) is 0 Å². The first-order valence-corrected chi connectivity index (χ1v) is 5.26. The number of hydrogen-bond acceptors (Lipinski definition) is 3. The van der Waals surface area contributed by atoms with Crippen LogP contribution in [0.25, 0.3) is 0 Å². The Kier molecular flexibility index (Phi) is 6.67. The van der Waals surface area contributed by atoms with Gasteiger partial charge in [0, 0.05) is 5.92 Å². The van der Waals surface area contributed by atoms with Gasteiger partial charge in [0.25, 0.3) is 0 Å². The normalized spacial score (nSPS) is 14.1. The van der Waals surface area contributed by atoms with Gasteiger partial charge in [-0.15, -0.1) is 6.58 Å². The van der Waals surface area contributed by atoms with Gasteiger partial charge in [-0.2, -0.15) is 0 Å². The van der Waals surface area contributed by atoms with Crippen LogP contribution < -0.4 is 0 Å². The minimum Gasteiger partial charge on any atom is -0.469 e. The van der Waals surface area contributed by atoms with Gasteiger partial charge in [0.1, 0.15) is 5.78 Å². The van der Waals surface area contributed by atoms with E-state index in [0.717, 1.165) is 12.8 Å². The van der Waals surface area contributed by atoms with Gasteiger partial charge in [0.05, 0.1) is 13.5 Å². The Morgan fingerprint density at radius 1 is 1.47 bits per heavy atom. The van der Waals surface area contributed by atoms with Crippen LogP contribution in [0.3, 0.4) is 0 Å². The lowest BCUT2D eigenvalue weighted by Crippen LogP contribution is -2.24. The first-order valence-electron chi connectivity index (χ1n) is 5.26. The van der Waals surface area contributed by atoms with Gasteiger partial charge < -0.3 is 4.74 Å². The minimum absolute atomic E-state index is 0.0266. The standard InChI is InChI=1S/C12H20O3/c1-5-7-10(6-2)11(9(3)13)8-12(14)15-4/h6,10-11H,2,5,7-8H2,1,3-4H3. The Bertz CT molecular complexity index is 233. The monoisotopic (exact) mass is 212 g/mol. The van der Waals surface area contributed by atoms with E-state index in [1.807, 2.05) is 6.92 Å². The molecule has 0 saturated carbocycles. The SMILES string of the molecule is C=CC(CCC)C(CC(=O)OC)C(C)=O. The molecule has 15 heavy (non-hydrogen) atoms. The second-order valence-corrected chi connectivity index (χ2v) is 3.69. The number of ketones is 1. The van der Waals surface area contributed by atoms with Crippen molar-refractivity contribution in [3.63, 3.8) is 0 Å². The zero-order chi connectivity index (χ0) is 11.8. The van der Waals surface area contributed by atoms with Gasteiger partial charge >= 0.3 is 5.97 Å². The molecule has 0 N–H and O–H groups in total. The molecule has 0 fully saturated rings. The highest BCUT2D eigenvalue weighted by atomic mass is 16.5. The lowest BCUT2D eigenvalue weighted by Gasteiger charge is -2.20. The summed E-state index contributed by atoms with van der Waals surface area (Å²) in [6.07, 6.45) is 3.77. The van der Waals surface area contributed by atoms with Gasteiger partial charge in [-0.3, -0.25) is 9.59 Å². The molecular formula is C12H20O3. The fourth-order valence-electron chi connectivity index (χ4n) is 1.68. The molecule has 0 spiro atoms. The highest BCUT2D eigenvalue weighted by Crippen LogP contribution is 2.23. The molecule has 0 rings (SSSR count). The number of carbonyl (C=O) groups excluding carboxylic acids is 2. The maximum Gasteiger partial charge on any atom is 0.306 e. The van der Waals surface area contributed by atoms with Gasteiger partial charge in [-0.1, -0.05) is 19.4 Å². The zero-order valence-corrected chi connectivity index (χ0v) is 9.79. The predicted molar refractivity (Wildman–Crippen MR) is 59.4 cm³/mol. The molecule has 0 aromatic carbocycles. The van der Waals surface area contributed by atoms with Crippen LogP contribution in [0.5, 0.6) is 0 Å². The number of ether oxygens (including phenoxy) is 1. The molecule has 3 nitrogen and oxygen atoms in total. The van der Waals surface area contributed by atoms with Gasteiger partial charge in [0.2, 0.25) is 0 Å². The Labute approximate surface area is 91.5 Å². The van der Waals surface area contributed by atoms with Gasteiger partial charge in [-0.05, 0) is 19.3 Å². The van der Waals surface area contributed by atoms with E-state index in [2.05, 4.69) is 11.3 Å². The summed E-state index contributed by atoms with van der Waals surface area (Å²) >= 11 is 0. The van der Waals surface area contributed by atoms with E-state index in [1.54, 1.807) is 6.08 Å². The second-order valence-electron chi connectivity index (χ2n) is 3.69. The Balaban J connectivity index is 4.54. The summed E-state index contributed by atoms with van der Waals surface area (Å²) in [7, 11) is 1.34. The van der Waals surface area contributed by atoms with Gasteiger partial charge in [0.15, 0.2) is 0 Å². The lowest BCUT2D eigenvalue weighted by molar-refractivity contribution is -0.144. The number of allylic oxidation sites excluding steroid dienone is 1. The van der Waals surface area contributed by atoms with Crippen LogP contribution >= 0.6 is 0 Å². The van der Waals surface area contributed by atoms with E-state index in [4.69, 9.17) is 0 Å². The van der Waals surface area contributed by atoms with E-state index >= 15 is 0 Å². The Hall–Kier alpha value is -1.12. The van der Waals surface area contributed by atoms with Crippen molar-refractivity contribution < 1.29 is 14.3 Å². The topological polar surface area (TPSA) is 43.4 Å². The number of esters is 1. The van der Waals surface area contributed by atoms with Crippen LogP contribution in [0, 0.1) is 11.8 Å². The third-order valence-corrected chi connectivity index (χ3v) is 2.58. The molecule has 0 aliphatic heterocycles. The Morgan fingerprint density at radius 3 is 2.40 bits per heavy atom. The second kappa shape index (κ2) is 7.21. The molecule has 0 radical (unpaired) electrons. The summed E-state index contributed by atoms with van der Waals surface area (Å²) in [4.78, 5) is 22.6. The highest BCUT2D eigenvalue weighted by Gasteiger charge is 2.25. The minimum atomic E-state index is -0.335. The van der Waals surface area contributed by atoms with Crippen molar-refractivity contribution in [1.82, 2.24) is 0 Å². The first-order chi connectivity index (χ1) is 7.06. The first kappa shape index (κ1) is 13.9. The molecule has 2 unspecified atom stereocenters. The molecule has 2 atom stereocenters. The summed E-state index contributed by atoms with van der Waals surface area (Å²) in [5.41, 5.74) is 0. The Morgan fingerprint density at radius 2 is 2.07 bits per heavy atom. The van der Waals surface area contributed by atoms with Crippen molar-refractivity contribution >= 4 is 11.8 Å². The molecule has 0 aliphatic carbocycles. The quantitative estimate of drug-likeness (QED) is 0.480. The fourth-order valence-corrected chi connectivity index (χ4v) is 1.68. The van der Waals surface area contributed by atoms with E-state index in [9.17, 15) is 9.59 Å². The molecule has 0 bridgehead atoms. The molecule has 0 aromatic rings. The van der Waals surface area contributed by atoms with Crippen LogP contribution in [-0.2, 0) is 14.3 Å². The zero-order valence-electron chi connectivity index (χ0n) is 9.79. The number of methoxy groups -OCH3 is 1. The average molecular weight is 212 g/mol. The average Bonchev–Trinajstić information content (AvgIpc) is 2.22. The smallest absolute Gasteiger partial charge is 0.306 e. The summed E-state index contributed by atoms with van der Waals surface area (Å²) in [5.74, 6) is -0.515. The van der Waals surface area contributed by atoms with Crippen molar-refractivity contribution in [2.45, 2.75) is 33.1 Å². The largest absolute Gasteiger partial charge is 0.469 e. The van der Waals surface area contributed by atoms with Crippen LogP contribution in [0.1, 0.15) is 33.1 Å². The third-order valence-electron chi connectivity index (χ3n) is 2.58. The lowest BCUT2D eigenvalue weighted by atomic mass is 9.83. The molecular weight excluding hydrogens is 192 g/mol. The molecule has 0 saturated heterocycles. The third kappa shape index (κ3) is 4.77. The van der Waals surface area contributed by atoms with Crippen molar-refractivity contribution in [3.05, 3.63) is 12.7 Å². The fraction of sp³-hybridized carbons (Fsp3) is 0.667. The maximum absolute atomic E-state index is 11.4. The highest BCUT2D eigenvalue weighted by molar-refractivity contribution is 5.83. The molecule has 0 heterocycles. The van der Waals surface area contributed by atoms with Crippen molar-refractivity contribution in [2.24, 2.45) is 11.8 Å². The van der Waals surface area contributed by atoms with Crippen LogP contribution in [0.15, 0.2) is 12.7 Å². The number of rotatable bonds is 7. The summed E-state index contributed by atoms with van der Waals surface area (Å²) < 4.78 is 4.58. The van der Waals surface area contributed by atoms with E-state index in [1.165, 1.54) is 14.0 Å². The molecule has 0 aliphatic rings. The van der Waals surface area contributed by atoms with E-state index in [-0.39, 0.29) is 30.0 Å². The molecule has 86 valence electrons. The van der Waals surface area contributed by atoms with Crippen LogP contribution in [0.4, 0.5) is 0 Å².